The molecular formula is C18H26F3N3O4S. The number of alkyl halides is 3. The van der Waals surface area contributed by atoms with Gasteiger partial charge >= 0.3 is 6.18 Å². The summed E-state index contributed by atoms with van der Waals surface area (Å²) in [4.78, 5) is 24.2. The van der Waals surface area contributed by atoms with E-state index in [0.29, 0.717) is 12.8 Å². The zero-order chi connectivity index (χ0) is 21.8. The number of halogens is 3. The number of pyridine rings is 1. The van der Waals surface area contributed by atoms with Crippen LogP contribution in [0, 0.1) is 5.92 Å². The molecule has 0 radical (unpaired) electrons. The van der Waals surface area contributed by atoms with Gasteiger partial charge in [0.2, 0.25) is 15.9 Å². The Morgan fingerprint density at radius 3 is 2.41 bits per heavy atom. The van der Waals surface area contributed by atoms with E-state index in [1.807, 2.05) is 0 Å². The molecule has 0 bridgehead atoms. The predicted molar refractivity (Wildman–Crippen MR) is 101 cm³/mol. The van der Waals surface area contributed by atoms with Gasteiger partial charge in [0.1, 0.15) is 6.54 Å². The minimum atomic E-state index is -4.41. The first-order chi connectivity index (χ1) is 13.5. The largest absolute Gasteiger partial charge is 0.393 e. The van der Waals surface area contributed by atoms with E-state index in [1.165, 1.54) is 4.31 Å². The molecule has 0 saturated heterocycles. The van der Waals surface area contributed by atoms with Crippen molar-refractivity contribution in [3.8, 4) is 0 Å². The third-order valence-corrected chi connectivity index (χ3v) is 7.18. The molecule has 0 aromatic carbocycles. The van der Waals surface area contributed by atoms with Crippen molar-refractivity contribution in [3.05, 3.63) is 28.7 Å². The molecule has 7 nitrogen and oxygen atoms in total. The number of nitrogens with zero attached hydrogens (tertiary/aromatic N) is 2. The number of carbonyl (C=O) groups excluding carboxylic acids is 1. The number of nitrogens with one attached hydrogen (secondary N) is 1. The van der Waals surface area contributed by atoms with Crippen LogP contribution in [0.3, 0.4) is 0 Å². The van der Waals surface area contributed by atoms with E-state index in [1.54, 1.807) is 13.8 Å². The van der Waals surface area contributed by atoms with Crippen LogP contribution in [0.1, 0.15) is 39.5 Å². The van der Waals surface area contributed by atoms with Gasteiger partial charge < -0.3 is 9.88 Å². The lowest BCUT2D eigenvalue weighted by atomic mass is 9.84. The highest BCUT2D eigenvalue weighted by Crippen LogP contribution is 2.37. The summed E-state index contributed by atoms with van der Waals surface area (Å²) in [5, 5.41) is 2.38. The monoisotopic (exact) mass is 437 g/mol. The molecule has 1 aliphatic rings. The van der Waals surface area contributed by atoms with E-state index in [-0.39, 0.29) is 30.8 Å². The number of hydrogen-bond donors (Lipinski definition) is 1. The second kappa shape index (κ2) is 9.29. The Kier molecular flexibility index (Phi) is 7.50. The van der Waals surface area contributed by atoms with Gasteiger partial charge in [0.25, 0.3) is 5.56 Å². The predicted octanol–water partition coefficient (Wildman–Crippen LogP) is 2.12. The van der Waals surface area contributed by atoms with Crippen molar-refractivity contribution in [2.75, 3.05) is 13.1 Å². The number of carbonyl (C=O) groups is 1. The highest BCUT2D eigenvalue weighted by Gasteiger charge is 2.45. The standard InChI is InChI=1S/C18H26F3N3O4S/c1-3-24(4-2)29(27,28)13-9-10-17(26)23(11-13)12-16(25)22-15-8-6-5-7-14(15)18(19,20)21/h9-11,14-15H,3-8,12H2,1-2H3,(H,22,25). The van der Waals surface area contributed by atoms with Gasteiger partial charge in [-0.3, -0.25) is 9.59 Å². The third-order valence-electron chi connectivity index (χ3n) is 5.15. The molecule has 1 aromatic heterocycles. The summed E-state index contributed by atoms with van der Waals surface area (Å²) < 4.78 is 66.8. The van der Waals surface area contributed by atoms with E-state index in [9.17, 15) is 31.2 Å². The third kappa shape index (κ3) is 5.59. The lowest BCUT2D eigenvalue weighted by molar-refractivity contribution is -0.189. The molecule has 1 heterocycles. The first-order valence-electron chi connectivity index (χ1n) is 9.57. The number of aromatic nitrogens is 1. The summed E-state index contributed by atoms with van der Waals surface area (Å²) in [6.07, 6.45) is -2.17. The Balaban J connectivity index is 2.19. The van der Waals surface area contributed by atoms with Gasteiger partial charge in [0.15, 0.2) is 0 Å². The van der Waals surface area contributed by atoms with Gasteiger partial charge in [-0.1, -0.05) is 26.7 Å². The van der Waals surface area contributed by atoms with Crippen molar-refractivity contribution in [2.24, 2.45) is 5.92 Å². The van der Waals surface area contributed by atoms with Gasteiger partial charge in [-0.05, 0) is 18.9 Å². The van der Waals surface area contributed by atoms with Crippen LogP contribution in [-0.2, 0) is 21.4 Å². The van der Waals surface area contributed by atoms with Crippen LogP contribution in [0.2, 0.25) is 0 Å². The molecule has 1 aromatic rings. The molecule has 0 spiro atoms. The second-order valence-electron chi connectivity index (χ2n) is 7.03. The van der Waals surface area contributed by atoms with Crippen LogP contribution in [0.5, 0.6) is 0 Å². The van der Waals surface area contributed by atoms with Gasteiger partial charge in [-0.25, -0.2) is 8.42 Å². The summed E-state index contributed by atoms with van der Waals surface area (Å²) in [6.45, 7) is 3.26. The van der Waals surface area contributed by atoms with E-state index < -0.39 is 46.2 Å². The second-order valence-corrected chi connectivity index (χ2v) is 8.96. The van der Waals surface area contributed by atoms with E-state index in [4.69, 9.17) is 0 Å². The smallest absolute Gasteiger partial charge is 0.351 e. The van der Waals surface area contributed by atoms with E-state index in [2.05, 4.69) is 5.32 Å². The molecule has 2 unspecified atom stereocenters. The topological polar surface area (TPSA) is 88.5 Å². The zero-order valence-electron chi connectivity index (χ0n) is 16.4. The van der Waals surface area contributed by atoms with Crippen LogP contribution >= 0.6 is 0 Å². The Morgan fingerprint density at radius 1 is 1.21 bits per heavy atom. The van der Waals surface area contributed by atoms with Crippen molar-refractivity contribution >= 4 is 15.9 Å². The highest BCUT2D eigenvalue weighted by atomic mass is 32.2. The van der Waals surface area contributed by atoms with Gasteiger partial charge in [-0.2, -0.15) is 17.5 Å². The maximum Gasteiger partial charge on any atom is 0.393 e. The first-order valence-corrected chi connectivity index (χ1v) is 11.0. The Bertz CT molecular complexity index is 879. The van der Waals surface area contributed by atoms with Crippen LogP contribution in [0.15, 0.2) is 28.0 Å². The molecule has 11 heteroatoms. The summed E-state index contributed by atoms with van der Waals surface area (Å²) >= 11 is 0. The molecule has 2 rings (SSSR count). The maximum absolute atomic E-state index is 13.2. The molecule has 1 aliphatic carbocycles. The van der Waals surface area contributed by atoms with Crippen LogP contribution in [-0.4, -0.2) is 48.5 Å². The van der Waals surface area contributed by atoms with Gasteiger partial charge in [0, 0.05) is 31.4 Å². The van der Waals surface area contributed by atoms with Crippen molar-refractivity contribution in [3.63, 3.8) is 0 Å². The number of rotatable bonds is 7. The maximum atomic E-state index is 13.2. The average Bonchev–Trinajstić information content (AvgIpc) is 2.63. The van der Waals surface area contributed by atoms with Crippen molar-refractivity contribution < 1.29 is 26.4 Å². The normalized spacial score (nSPS) is 20.6. The quantitative estimate of drug-likeness (QED) is 0.708. The van der Waals surface area contributed by atoms with E-state index in [0.717, 1.165) is 22.9 Å². The van der Waals surface area contributed by atoms with Crippen molar-refractivity contribution in [1.82, 2.24) is 14.2 Å². The van der Waals surface area contributed by atoms with E-state index >= 15 is 0 Å². The summed E-state index contributed by atoms with van der Waals surface area (Å²) in [5.41, 5.74) is -0.616. The number of sulfonamides is 1. The van der Waals surface area contributed by atoms with Crippen molar-refractivity contribution in [2.45, 2.75) is 63.2 Å². The number of amides is 1. The number of hydrogen-bond acceptors (Lipinski definition) is 4. The minimum absolute atomic E-state index is 0.0496. The van der Waals surface area contributed by atoms with Crippen LogP contribution in [0.4, 0.5) is 13.2 Å². The van der Waals surface area contributed by atoms with Crippen molar-refractivity contribution in [1.29, 1.82) is 0 Å². The van der Waals surface area contributed by atoms with Gasteiger partial charge in [0.05, 0.1) is 10.8 Å². The summed E-state index contributed by atoms with van der Waals surface area (Å²) in [5.74, 6) is -2.38. The minimum Gasteiger partial charge on any atom is -0.351 e. The Morgan fingerprint density at radius 2 is 1.83 bits per heavy atom. The lowest BCUT2D eigenvalue weighted by Gasteiger charge is -2.33. The molecule has 1 N–H and O–H groups in total. The Labute approximate surface area is 167 Å². The molecule has 1 saturated carbocycles. The summed E-state index contributed by atoms with van der Waals surface area (Å²) in [6, 6.07) is 1.14. The fourth-order valence-electron chi connectivity index (χ4n) is 3.60. The average molecular weight is 437 g/mol. The molecule has 1 fully saturated rings. The van der Waals surface area contributed by atoms with Crippen LogP contribution in [0.25, 0.3) is 0 Å². The fraction of sp³-hybridized carbons (Fsp3) is 0.667. The molecule has 1 amide bonds. The molecule has 29 heavy (non-hydrogen) atoms. The molecule has 0 aliphatic heterocycles. The SMILES string of the molecule is CCN(CC)S(=O)(=O)c1ccc(=O)n(CC(=O)NC2CCCCC2C(F)(F)F)c1. The first kappa shape index (κ1) is 23.4. The zero-order valence-corrected chi connectivity index (χ0v) is 17.2. The van der Waals surface area contributed by atoms with Gasteiger partial charge in [-0.15, -0.1) is 0 Å². The molecule has 164 valence electrons. The highest BCUT2D eigenvalue weighted by molar-refractivity contribution is 7.89. The molecular weight excluding hydrogens is 411 g/mol. The summed E-state index contributed by atoms with van der Waals surface area (Å²) in [7, 11) is -3.84. The molecule has 2 atom stereocenters. The fourth-order valence-corrected chi connectivity index (χ4v) is 5.08. The lowest BCUT2D eigenvalue weighted by Crippen LogP contribution is -2.49. The van der Waals surface area contributed by atoms with Crippen LogP contribution < -0.4 is 10.9 Å². The Hall–Kier alpha value is -1.88.